The molecule has 1 aliphatic heterocycles. The Morgan fingerprint density at radius 1 is 1.25 bits per heavy atom. The smallest absolute Gasteiger partial charge is 0.309 e. The van der Waals surface area contributed by atoms with E-state index in [1.807, 2.05) is 0 Å². The first-order chi connectivity index (χ1) is 8.92. The lowest BCUT2D eigenvalue weighted by atomic mass is 9.82. The summed E-state index contributed by atoms with van der Waals surface area (Å²) in [6, 6.07) is -1.60. The van der Waals surface area contributed by atoms with E-state index in [2.05, 4.69) is 4.84 Å². The predicted molar refractivity (Wildman–Crippen MR) is 51.4 cm³/mol. The minimum atomic E-state index is -5.63. The first-order valence-corrected chi connectivity index (χ1v) is 5.72. The van der Waals surface area contributed by atoms with Crippen LogP contribution in [-0.2, 0) is 4.84 Å². The number of piperidine rings is 1. The van der Waals surface area contributed by atoms with Crippen LogP contribution in [0.5, 0.6) is 0 Å². The fourth-order valence-electron chi connectivity index (χ4n) is 2.90. The molecular weight excluding hydrogens is 322 g/mol. The van der Waals surface area contributed by atoms with E-state index in [4.69, 9.17) is 11.6 Å². The number of nitrogens with zero attached hydrogens (tertiary/aromatic N) is 1. The van der Waals surface area contributed by atoms with Crippen molar-refractivity contribution in [3.05, 3.63) is 10.1 Å². The molecule has 0 aromatic rings. The van der Waals surface area contributed by atoms with Crippen LogP contribution >= 0.6 is 11.6 Å². The molecule has 2 bridgehead atoms. The molecule has 0 unspecified atom stereocenters. The van der Waals surface area contributed by atoms with E-state index in [-0.39, 0.29) is 0 Å². The van der Waals surface area contributed by atoms with Crippen LogP contribution in [0.15, 0.2) is 0 Å². The summed E-state index contributed by atoms with van der Waals surface area (Å²) in [5.41, 5.74) is -4.16. The van der Waals surface area contributed by atoms with Crippen LogP contribution in [0.1, 0.15) is 6.42 Å². The van der Waals surface area contributed by atoms with Gasteiger partial charge in [0, 0.05) is 5.92 Å². The Labute approximate surface area is 112 Å². The Bertz CT molecular complexity index is 413. The lowest BCUT2D eigenvalue weighted by Gasteiger charge is -2.42. The normalized spacial score (nSPS) is 36.1. The topological polar surface area (TPSA) is 64.4 Å². The highest BCUT2D eigenvalue weighted by atomic mass is 35.5. The molecule has 2 aliphatic rings. The summed E-state index contributed by atoms with van der Waals surface area (Å²) < 4.78 is 77.5. The van der Waals surface area contributed by atoms with Crippen molar-refractivity contribution in [2.24, 2.45) is 5.92 Å². The average Bonchev–Trinajstić information content (AvgIpc) is 2.66. The maximum absolute atomic E-state index is 12.9. The molecule has 1 saturated carbocycles. The molecule has 116 valence electrons. The van der Waals surface area contributed by atoms with E-state index in [0.29, 0.717) is 0 Å². The molecule has 0 radical (unpaired) electrons. The summed E-state index contributed by atoms with van der Waals surface area (Å²) in [5, 5.41) is 8.71. The monoisotopic (exact) mass is 328 g/mol. The van der Waals surface area contributed by atoms with Crippen molar-refractivity contribution in [3.8, 4) is 0 Å². The summed E-state index contributed by atoms with van der Waals surface area (Å²) in [7, 11) is 0. The van der Waals surface area contributed by atoms with Gasteiger partial charge >= 0.3 is 12.4 Å². The van der Waals surface area contributed by atoms with Gasteiger partial charge in [0.1, 0.15) is 6.10 Å². The Morgan fingerprint density at radius 3 is 2.05 bits per heavy atom. The molecule has 0 aromatic heterocycles. The Kier molecular flexibility index (Phi) is 3.29. The van der Waals surface area contributed by atoms with E-state index < -0.39 is 52.8 Å². The van der Waals surface area contributed by atoms with Crippen molar-refractivity contribution in [2.75, 3.05) is 0 Å². The van der Waals surface area contributed by atoms with E-state index in [0.717, 1.165) is 0 Å². The zero-order valence-corrected chi connectivity index (χ0v) is 10.1. The van der Waals surface area contributed by atoms with Gasteiger partial charge in [0.2, 0.25) is 5.54 Å². The highest BCUT2D eigenvalue weighted by Gasteiger charge is 2.81. The molecule has 5 nitrogen and oxygen atoms in total. The highest BCUT2D eigenvalue weighted by molar-refractivity contribution is 6.22. The van der Waals surface area contributed by atoms with Crippen LogP contribution in [0.25, 0.3) is 0 Å². The van der Waals surface area contributed by atoms with Crippen LogP contribution in [-0.4, -0.2) is 40.5 Å². The lowest BCUT2D eigenvalue weighted by molar-refractivity contribution is -0.769. The standard InChI is InChI=1S/C8H7ClF6N2O3/c9-4-2-1-3(20-17(18)19)5(4)16-6(2,7(10,11)12)8(13,14)15/h2-5,16H,1H2/t2-,3-,4-,5+/m1/s1. The molecule has 1 aliphatic carbocycles. The SMILES string of the molecule is O=[N+]([O-])O[C@@H]1C[C@@H]2[C@@H](Cl)[C@H]1NC2(C(F)(F)F)C(F)(F)F. The number of hydrogen-bond donors (Lipinski definition) is 1. The van der Waals surface area contributed by atoms with Gasteiger partial charge in [-0.05, 0) is 6.42 Å². The van der Waals surface area contributed by atoms with Gasteiger partial charge in [-0.2, -0.15) is 26.3 Å². The number of rotatable bonds is 2. The Balaban J connectivity index is 2.37. The Hall–Kier alpha value is -0.970. The maximum Gasteiger partial charge on any atom is 0.415 e. The van der Waals surface area contributed by atoms with Crippen molar-refractivity contribution >= 4 is 11.6 Å². The molecule has 1 heterocycles. The summed E-state index contributed by atoms with van der Waals surface area (Å²) in [6.45, 7) is 0. The van der Waals surface area contributed by atoms with Crippen LogP contribution in [0.3, 0.4) is 0 Å². The first-order valence-electron chi connectivity index (χ1n) is 5.28. The largest absolute Gasteiger partial charge is 0.415 e. The minimum absolute atomic E-state index is 0.800. The Morgan fingerprint density at radius 2 is 1.75 bits per heavy atom. The summed E-state index contributed by atoms with van der Waals surface area (Å²) in [6.07, 6.45) is -13.5. The molecule has 2 fully saturated rings. The van der Waals surface area contributed by atoms with Gasteiger partial charge in [-0.15, -0.1) is 21.7 Å². The fraction of sp³-hybridized carbons (Fsp3) is 1.00. The highest BCUT2D eigenvalue weighted by Crippen LogP contribution is 2.58. The van der Waals surface area contributed by atoms with Gasteiger partial charge in [0.25, 0.3) is 5.09 Å². The average molecular weight is 329 g/mol. The fourth-order valence-corrected chi connectivity index (χ4v) is 3.42. The maximum atomic E-state index is 12.9. The third-order valence-corrected chi connectivity index (χ3v) is 4.26. The van der Waals surface area contributed by atoms with Crippen molar-refractivity contribution in [1.82, 2.24) is 5.32 Å². The second-order valence-electron chi connectivity index (χ2n) is 4.63. The van der Waals surface area contributed by atoms with E-state index in [1.54, 1.807) is 0 Å². The van der Waals surface area contributed by atoms with Gasteiger partial charge in [-0.1, -0.05) is 0 Å². The number of alkyl halides is 7. The van der Waals surface area contributed by atoms with Gasteiger partial charge < -0.3 is 4.84 Å². The van der Waals surface area contributed by atoms with E-state index >= 15 is 0 Å². The quantitative estimate of drug-likeness (QED) is 0.364. The molecule has 1 N–H and O–H groups in total. The van der Waals surface area contributed by atoms with Gasteiger partial charge in [0.05, 0.1) is 11.4 Å². The third-order valence-electron chi connectivity index (χ3n) is 3.68. The van der Waals surface area contributed by atoms with E-state index in [1.165, 1.54) is 5.32 Å². The number of halogens is 7. The second-order valence-corrected chi connectivity index (χ2v) is 5.13. The molecule has 2 rings (SSSR count). The molecule has 0 amide bonds. The lowest BCUT2D eigenvalue weighted by Crippen LogP contribution is -2.70. The number of nitrogens with one attached hydrogen (secondary N) is 1. The first kappa shape index (κ1) is 15.4. The van der Waals surface area contributed by atoms with Crippen LogP contribution in [0.2, 0.25) is 0 Å². The zero-order chi connectivity index (χ0) is 15.5. The summed E-state index contributed by atoms with van der Waals surface area (Å²) in [4.78, 5) is 14.2. The van der Waals surface area contributed by atoms with Gasteiger partial charge in [-0.3, -0.25) is 5.32 Å². The third kappa shape index (κ3) is 1.90. The molecule has 12 heteroatoms. The minimum Gasteiger partial charge on any atom is -0.309 e. The number of fused-ring (bicyclic) bond motifs is 2. The molecule has 0 spiro atoms. The molecular formula is C8H7ClF6N2O3. The molecule has 0 aromatic carbocycles. The van der Waals surface area contributed by atoms with Crippen molar-refractivity contribution in [2.45, 2.75) is 41.8 Å². The molecule has 1 saturated heterocycles. The van der Waals surface area contributed by atoms with Crippen LogP contribution in [0.4, 0.5) is 26.3 Å². The van der Waals surface area contributed by atoms with Gasteiger partial charge in [-0.25, -0.2) is 0 Å². The van der Waals surface area contributed by atoms with Gasteiger partial charge in [0.15, 0.2) is 0 Å². The summed E-state index contributed by atoms with van der Waals surface area (Å²) in [5.74, 6) is -2.08. The summed E-state index contributed by atoms with van der Waals surface area (Å²) >= 11 is 5.59. The van der Waals surface area contributed by atoms with E-state index in [9.17, 15) is 36.5 Å². The molecule has 4 atom stereocenters. The molecule has 20 heavy (non-hydrogen) atoms. The van der Waals surface area contributed by atoms with Crippen molar-refractivity contribution in [3.63, 3.8) is 0 Å². The van der Waals surface area contributed by atoms with Crippen LogP contribution in [0, 0.1) is 16.0 Å². The van der Waals surface area contributed by atoms with Crippen LogP contribution < -0.4 is 5.32 Å². The zero-order valence-electron chi connectivity index (χ0n) is 9.33. The predicted octanol–water partition coefficient (Wildman–Crippen LogP) is 2.03. The number of hydrogen-bond acceptors (Lipinski definition) is 4. The van der Waals surface area contributed by atoms with Crippen molar-refractivity contribution in [1.29, 1.82) is 0 Å². The second kappa shape index (κ2) is 4.26. The van der Waals surface area contributed by atoms with Crippen molar-refractivity contribution < 1.29 is 36.3 Å².